The Morgan fingerprint density at radius 1 is 1.28 bits per heavy atom. The van der Waals surface area contributed by atoms with Gasteiger partial charge in [-0.15, -0.1) is 0 Å². The van der Waals surface area contributed by atoms with Crippen molar-refractivity contribution in [2.75, 3.05) is 0 Å². The van der Waals surface area contributed by atoms with E-state index in [2.05, 4.69) is 29.4 Å². The SMILES string of the molecule is Cc1ccc(CN[C@@H](C)c2cccc(Cl)c2)nc1. The minimum absolute atomic E-state index is 0.256. The lowest BCUT2D eigenvalue weighted by Crippen LogP contribution is -2.18. The molecule has 0 aliphatic rings. The van der Waals surface area contributed by atoms with Crippen LogP contribution in [-0.4, -0.2) is 4.98 Å². The van der Waals surface area contributed by atoms with Gasteiger partial charge in [0.15, 0.2) is 0 Å². The molecule has 0 saturated heterocycles. The van der Waals surface area contributed by atoms with Gasteiger partial charge in [0.25, 0.3) is 0 Å². The van der Waals surface area contributed by atoms with Crippen molar-refractivity contribution in [2.45, 2.75) is 26.4 Å². The van der Waals surface area contributed by atoms with Gasteiger partial charge in [-0.3, -0.25) is 4.98 Å². The highest BCUT2D eigenvalue weighted by Crippen LogP contribution is 2.17. The van der Waals surface area contributed by atoms with Crippen LogP contribution in [0.2, 0.25) is 5.02 Å². The van der Waals surface area contributed by atoms with Crippen LogP contribution in [-0.2, 0) is 6.54 Å². The average molecular weight is 261 g/mol. The fourth-order valence-corrected chi connectivity index (χ4v) is 1.95. The lowest BCUT2D eigenvalue weighted by Gasteiger charge is -2.14. The summed E-state index contributed by atoms with van der Waals surface area (Å²) in [6, 6.07) is 12.3. The van der Waals surface area contributed by atoms with Gasteiger partial charge in [-0.05, 0) is 43.2 Å². The summed E-state index contributed by atoms with van der Waals surface area (Å²) in [7, 11) is 0. The summed E-state index contributed by atoms with van der Waals surface area (Å²) in [5.41, 5.74) is 3.42. The summed E-state index contributed by atoms with van der Waals surface area (Å²) in [6.07, 6.45) is 1.89. The molecule has 0 aliphatic carbocycles. The molecule has 3 heteroatoms. The highest BCUT2D eigenvalue weighted by molar-refractivity contribution is 6.30. The van der Waals surface area contributed by atoms with Crippen molar-refractivity contribution < 1.29 is 0 Å². The second kappa shape index (κ2) is 5.98. The molecule has 94 valence electrons. The van der Waals surface area contributed by atoms with Gasteiger partial charge in [-0.2, -0.15) is 0 Å². The second-order valence-corrected chi connectivity index (χ2v) is 4.92. The number of hydrogen-bond acceptors (Lipinski definition) is 2. The van der Waals surface area contributed by atoms with Gasteiger partial charge in [0, 0.05) is 23.8 Å². The largest absolute Gasteiger partial charge is 0.305 e. The Morgan fingerprint density at radius 3 is 2.78 bits per heavy atom. The number of aromatic nitrogens is 1. The maximum absolute atomic E-state index is 5.98. The molecule has 1 atom stereocenters. The third-order valence-electron chi connectivity index (χ3n) is 2.91. The molecule has 0 unspecified atom stereocenters. The topological polar surface area (TPSA) is 24.9 Å². The summed E-state index contributed by atoms with van der Waals surface area (Å²) in [5.74, 6) is 0. The molecule has 2 nitrogen and oxygen atoms in total. The molecule has 0 bridgehead atoms. The minimum atomic E-state index is 0.256. The van der Waals surface area contributed by atoms with E-state index in [-0.39, 0.29) is 6.04 Å². The van der Waals surface area contributed by atoms with Gasteiger partial charge in [-0.25, -0.2) is 0 Å². The molecule has 0 aliphatic heterocycles. The molecule has 0 saturated carbocycles. The van der Waals surface area contributed by atoms with Crippen LogP contribution in [0.3, 0.4) is 0 Å². The third kappa shape index (κ3) is 3.56. The first-order valence-corrected chi connectivity index (χ1v) is 6.43. The van der Waals surface area contributed by atoms with Gasteiger partial charge >= 0.3 is 0 Å². The number of hydrogen-bond donors (Lipinski definition) is 1. The number of halogens is 1. The minimum Gasteiger partial charge on any atom is -0.305 e. The summed E-state index contributed by atoms with van der Waals surface area (Å²) >= 11 is 5.98. The number of nitrogens with zero attached hydrogens (tertiary/aromatic N) is 1. The van der Waals surface area contributed by atoms with Gasteiger partial charge in [0.05, 0.1) is 5.69 Å². The van der Waals surface area contributed by atoms with E-state index < -0.39 is 0 Å². The predicted molar refractivity (Wildman–Crippen MR) is 75.7 cm³/mol. The van der Waals surface area contributed by atoms with Crippen molar-refractivity contribution in [2.24, 2.45) is 0 Å². The lowest BCUT2D eigenvalue weighted by atomic mass is 10.1. The fraction of sp³-hybridized carbons (Fsp3) is 0.267. The maximum Gasteiger partial charge on any atom is 0.0542 e. The van der Waals surface area contributed by atoms with Crippen LogP contribution >= 0.6 is 11.6 Å². The Morgan fingerprint density at radius 2 is 2.11 bits per heavy atom. The lowest BCUT2D eigenvalue weighted by molar-refractivity contribution is 0.567. The quantitative estimate of drug-likeness (QED) is 0.902. The average Bonchev–Trinajstić information content (AvgIpc) is 2.38. The van der Waals surface area contributed by atoms with Crippen LogP contribution in [0.4, 0.5) is 0 Å². The van der Waals surface area contributed by atoms with Crippen LogP contribution in [0.1, 0.15) is 29.8 Å². The zero-order valence-corrected chi connectivity index (χ0v) is 11.4. The molecular weight excluding hydrogens is 244 g/mol. The molecule has 0 radical (unpaired) electrons. The number of rotatable bonds is 4. The zero-order valence-electron chi connectivity index (χ0n) is 10.7. The maximum atomic E-state index is 5.98. The van der Waals surface area contributed by atoms with E-state index in [0.717, 1.165) is 17.3 Å². The number of nitrogens with one attached hydrogen (secondary N) is 1. The third-order valence-corrected chi connectivity index (χ3v) is 3.15. The van der Waals surface area contributed by atoms with Crippen molar-refractivity contribution >= 4 is 11.6 Å². The number of benzene rings is 1. The summed E-state index contributed by atoms with van der Waals surface area (Å²) < 4.78 is 0. The van der Waals surface area contributed by atoms with Crippen LogP contribution in [0, 0.1) is 6.92 Å². The smallest absolute Gasteiger partial charge is 0.0542 e. The highest BCUT2D eigenvalue weighted by atomic mass is 35.5. The second-order valence-electron chi connectivity index (χ2n) is 4.48. The Labute approximate surface area is 113 Å². The van der Waals surface area contributed by atoms with E-state index in [1.165, 1.54) is 11.1 Å². The molecule has 0 spiro atoms. The van der Waals surface area contributed by atoms with E-state index in [0.29, 0.717) is 0 Å². The molecule has 2 aromatic rings. The predicted octanol–water partition coefficient (Wildman–Crippen LogP) is 3.89. The first-order chi connectivity index (χ1) is 8.65. The molecule has 1 heterocycles. The molecular formula is C15H17ClN2. The van der Waals surface area contributed by atoms with Crippen LogP contribution in [0.15, 0.2) is 42.6 Å². The van der Waals surface area contributed by atoms with Crippen LogP contribution in [0.25, 0.3) is 0 Å². The normalized spacial score (nSPS) is 12.4. The Balaban J connectivity index is 1.96. The van der Waals surface area contributed by atoms with Crippen molar-refractivity contribution in [3.8, 4) is 0 Å². The summed E-state index contributed by atoms with van der Waals surface area (Å²) in [4.78, 5) is 4.37. The first kappa shape index (κ1) is 13.1. The van der Waals surface area contributed by atoms with E-state index >= 15 is 0 Å². The summed E-state index contributed by atoms with van der Waals surface area (Å²) in [5, 5.41) is 4.21. The molecule has 1 aromatic heterocycles. The Hall–Kier alpha value is -1.38. The first-order valence-electron chi connectivity index (χ1n) is 6.05. The molecule has 18 heavy (non-hydrogen) atoms. The van der Waals surface area contributed by atoms with Crippen LogP contribution in [0.5, 0.6) is 0 Å². The van der Waals surface area contributed by atoms with Gasteiger partial charge in [-0.1, -0.05) is 29.8 Å². The monoisotopic (exact) mass is 260 g/mol. The summed E-state index contributed by atoms with van der Waals surface area (Å²) in [6.45, 7) is 4.92. The Bertz CT molecular complexity index is 508. The van der Waals surface area contributed by atoms with Gasteiger partial charge < -0.3 is 5.32 Å². The van der Waals surface area contributed by atoms with E-state index in [1.54, 1.807) is 0 Å². The highest BCUT2D eigenvalue weighted by Gasteiger charge is 2.05. The van der Waals surface area contributed by atoms with Crippen molar-refractivity contribution in [3.05, 3.63) is 64.4 Å². The van der Waals surface area contributed by atoms with E-state index in [1.807, 2.05) is 37.4 Å². The van der Waals surface area contributed by atoms with Gasteiger partial charge in [0.2, 0.25) is 0 Å². The van der Waals surface area contributed by atoms with Crippen molar-refractivity contribution in [3.63, 3.8) is 0 Å². The number of pyridine rings is 1. The standard InChI is InChI=1S/C15H17ClN2/c1-11-6-7-15(18-9-11)10-17-12(2)13-4-3-5-14(16)8-13/h3-9,12,17H,10H2,1-2H3/t12-/m0/s1. The molecule has 1 aromatic carbocycles. The molecule has 0 fully saturated rings. The Kier molecular flexibility index (Phi) is 4.34. The number of aryl methyl sites for hydroxylation is 1. The van der Waals surface area contributed by atoms with Crippen LogP contribution < -0.4 is 5.32 Å². The molecule has 2 rings (SSSR count). The molecule has 0 amide bonds. The van der Waals surface area contributed by atoms with E-state index in [4.69, 9.17) is 11.6 Å². The van der Waals surface area contributed by atoms with Crippen molar-refractivity contribution in [1.82, 2.24) is 10.3 Å². The van der Waals surface area contributed by atoms with Gasteiger partial charge in [0.1, 0.15) is 0 Å². The molecule has 1 N–H and O–H groups in total. The zero-order chi connectivity index (χ0) is 13.0. The van der Waals surface area contributed by atoms with Crippen molar-refractivity contribution in [1.29, 1.82) is 0 Å². The fourth-order valence-electron chi connectivity index (χ4n) is 1.75. The van der Waals surface area contributed by atoms with E-state index in [9.17, 15) is 0 Å².